The minimum atomic E-state index is 0.296. The Morgan fingerprint density at radius 1 is 1.44 bits per heavy atom. The first kappa shape index (κ1) is 14.8. The van der Waals surface area contributed by atoms with E-state index < -0.39 is 0 Å². The molecule has 1 unspecified atom stereocenters. The summed E-state index contributed by atoms with van der Waals surface area (Å²) in [5.74, 6) is 0. The zero-order chi connectivity index (χ0) is 13.1. The van der Waals surface area contributed by atoms with Gasteiger partial charge in [-0.2, -0.15) is 0 Å². The molecule has 1 aromatic heterocycles. The van der Waals surface area contributed by atoms with Crippen LogP contribution >= 0.6 is 61.5 Å². The lowest BCUT2D eigenvalue weighted by atomic mass is 10.0. The van der Waals surface area contributed by atoms with Crippen molar-refractivity contribution in [3.63, 3.8) is 0 Å². The first-order valence-electron chi connectivity index (χ1n) is 5.45. The molecular formula is C13H12BrClINS. The van der Waals surface area contributed by atoms with Crippen LogP contribution in [0, 0.1) is 3.57 Å². The van der Waals surface area contributed by atoms with Crippen molar-refractivity contribution in [1.82, 2.24) is 5.32 Å². The Bertz CT molecular complexity index is 544. The first-order chi connectivity index (χ1) is 8.60. The molecule has 0 fully saturated rings. The van der Waals surface area contributed by atoms with Gasteiger partial charge in [0.1, 0.15) is 0 Å². The Kier molecular flexibility index (Phi) is 5.50. The van der Waals surface area contributed by atoms with Gasteiger partial charge in [0.05, 0.1) is 5.02 Å². The van der Waals surface area contributed by atoms with E-state index >= 15 is 0 Å². The second-order valence-corrected chi connectivity index (χ2v) is 7.43. The van der Waals surface area contributed by atoms with Gasteiger partial charge in [0, 0.05) is 30.8 Å². The Morgan fingerprint density at radius 2 is 2.22 bits per heavy atom. The Hall–Kier alpha value is 0.380. The molecule has 2 rings (SSSR count). The van der Waals surface area contributed by atoms with E-state index in [9.17, 15) is 0 Å². The summed E-state index contributed by atoms with van der Waals surface area (Å²) >= 11 is 13.7. The van der Waals surface area contributed by atoms with E-state index in [1.807, 2.05) is 13.1 Å². The molecular weight excluding hydrogens is 444 g/mol. The van der Waals surface area contributed by atoms with E-state index in [1.54, 1.807) is 11.3 Å². The van der Waals surface area contributed by atoms with Gasteiger partial charge in [0.15, 0.2) is 0 Å². The zero-order valence-corrected chi connectivity index (χ0v) is 15.0. The number of benzene rings is 1. The topological polar surface area (TPSA) is 12.0 Å². The maximum absolute atomic E-state index is 6.18. The molecule has 2 aromatic rings. The lowest BCUT2D eigenvalue weighted by Crippen LogP contribution is -2.18. The van der Waals surface area contributed by atoms with Crippen molar-refractivity contribution in [2.45, 2.75) is 12.5 Å². The van der Waals surface area contributed by atoms with E-state index in [-0.39, 0.29) is 0 Å². The Balaban J connectivity index is 2.19. The molecule has 1 nitrogen and oxygen atoms in total. The summed E-state index contributed by atoms with van der Waals surface area (Å²) in [5, 5.41) is 6.29. The maximum Gasteiger partial charge on any atom is 0.0542 e. The molecule has 1 N–H and O–H groups in total. The van der Waals surface area contributed by atoms with Crippen LogP contribution in [0.3, 0.4) is 0 Å². The SMILES string of the molecule is CNC(Cc1cc(Br)cs1)c1ccc(I)c(Cl)c1. The molecule has 0 saturated carbocycles. The first-order valence-corrected chi connectivity index (χ1v) is 8.58. The quantitative estimate of drug-likeness (QED) is 0.618. The highest BCUT2D eigenvalue weighted by atomic mass is 127. The number of hydrogen-bond donors (Lipinski definition) is 1. The third-order valence-electron chi connectivity index (χ3n) is 2.72. The van der Waals surface area contributed by atoms with Crippen LogP contribution < -0.4 is 5.32 Å². The average molecular weight is 457 g/mol. The summed E-state index contributed by atoms with van der Waals surface area (Å²) < 4.78 is 2.24. The lowest BCUT2D eigenvalue weighted by molar-refractivity contribution is 0.596. The molecule has 0 radical (unpaired) electrons. The molecule has 96 valence electrons. The van der Waals surface area contributed by atoms with Gasteiger partial charge in [-0.1, -0.05) is 17.7 Å². The van der Waals surface area contributed by atoms with Crippen molar-refractivity contribution in [2.75, 3.05) is 7.05 Å². The van der Waals surface area contributed by atoms with Crippen molar-refractivity contribution in [1.29, 1.82) is 0 Å². The van der Waals surface area contributed by atoms with Crippen molar-refractivity contribution in [3.8, 4) is 0 Å². The fraction of sp³-hybridized carbons (Fsp3) is 0.231. The summed E-state index contributed by atoms with van der Waals surface area (Å²) in [6.07, 6.45) is 0.976. The molecule has 1 heterocycles. The summed E-state index contributed by atoms with van der Waals surface area (Å²) in [4.78, 5) is 1.36. The molecule has 5 heteroatoms. The Labute approximate surface area is 138 Å². The van der Waals surface area contributed by atoms with Gasteiger partial charge >= 0.3 is 0 Å². The number of halogens is 3. The van der Waals surface area contributed by atoms with Crippen molar-refractivity contribution < 1.29 is 0 Å². The van der Waals surface area contributed by atoms with E-state index in [2.05, 4.69) is 67.4 Å². The standard InChI is InChI=1S/C13H12BrClINS/c1-17-13(6-10-5-9(14)7-18-10)8-2-3-12(16)11(15)4-8/h2-5,7,13,17H,6H2,1H3. The van der Waals surface area contributed by atoms with Crippen LogP contribution in [-0.4, -0.2) is 7.05 Å². The lowest BCUT2D eigenvalue weighted by Gasteiger charge is -2.16. The largest absolute Gasteiger partial charge is 0.313 e. The van der Waals surface area contributed by atoms with Gasteiger partial charge in [-0.3, -0.25) is 0 Å². The predicted octanol–water partition coefficient (Wildman–Crippen LogP) is 5.27. The van der Waals surface area contributed by atoms with Gasteiger partial charge in [0.25, 0.3) is 0 Å². The third kappa shape index (κ3) is 3.70. The average Bonchev–Trinajstić information content (AvgIpc) is 2.75. The van der Waals surface area contributed by atoms with Crippen LogP contribution in [0.25, 0.3) is 0 Å². The van der Waals surface area contributed by atoms with E-state index in [1.165, 1.54) is 10.4 Å². The van der Waals surface area contributed by atoms with Crippen molar-refractivity contribution >= 4 is 61.5 Å². The monoisotopic (exact) mass is 455 g/mol. The molecule has 1 atom stereocenters. The minimum absolute atomic E-state index is 0.296. The van der Waals surface area contributed by atoms with Crippen LogP contribution in [0.1, 0.15) is 16.5 Å². The highest BCUT2D eigenvalue weighted by Crippen LogP contribution is 2.28. The molecule has 18 heavy (non-hydrogen) atoms. The number of hydrogen-bond acceptors (Lipinski definition) is 2. The second-order valence-electron chi connectivity index (χ2n) is 3.95. The molecule has 0 amide bonds. The van der Waals surface area contributed by atoms with E-state index in [0.717, 1.165) is 19.5 Å². The molecule has 0 bridgehead atoms. The van der Waals surface area contributed by atoms with Gasteiger partial charge in [-0.15, -0.1) is 11.3 Å². The van der Waals surface area contributed by atoms with Crippen molar-refractivity contribution in [2.24, 2.45) is 0 Å². The van der Waals surface area contributed by atoms with Crippen LogP contribution in [-0.2, 0) is 6.42 Å². The van der Waals surface area contributed by atoms with Crippen LogP contribution in [0.4, 0.5) is 0 Å². The van der Waals surface area contributed by atoms with Crippen LogP contribution in [0.5, 0.6) is 0 Å². The Morgan fingerprint density at radius 3 is 2.78 bits per heavy atom. The van der Waals surface area contributed by atoms with Gasteiger partial charge in [0.2, 0.25) is 0 Å². The van der Waals surface area contributed by atoms with Gasteiger partial charge in [-0.05, 0) is 69.3 Å². The smallest absolute Gasteiger partial charge is 0.0542 e. The van der Waals surface area contributed by atoms with Crippen molar-refractivity contribution in [3.05, 3.63) is 53.2 Å². The fourth-order valence-corrected chi connectivity index (χ4v) is 3.80. The maximum atomic E-state index is 6.18. The number of rotatable bonds is 4. The molecule has 0 saturated heterocycles. The second kappa shape index (κ2) is 6.70. The summed E-state index contributed by atoms with van der Waals surface area (Å²) in [6, 6.07) is 8.71. The zero-order valence-electron chi connectivity index (χ0n) is 9.71. The highest BCUT2D eigenvalue weighted by molar-refractivity contribution is 14.1. The molecule has 1 aromatic carbocycles. The third-order valence-corrected chi connectivity index (χ3v) is 6.01. The highest BCUT2D eigenvalue weighted by Gasteiger charge is 2.12. The normalized spacial score (nSPS) is 12.7. The minimum Gasteiger partial charge on any atom is -0.313 e. The summed E-state index contributed by atoms with van der Waals surface area (Å²) in [6.45, 7) is 0. The van der Waals surface area contributed by atoms with Gasteiger partial charge < -0.3 is 5.32 Å². The number of nitrogens with one attached hydrogen (secondary N) is 1. The molecule has 0 aliphatic carbocycles. The molecule has 0 aliphatic rings. The number of thiophene rings is 1. The predicted molar refractivity (Wildman–Crippen MR) is 91.7 cm³/mol. The van der Waals surface area contributed by atoms with Crippen LogP contribution in [0.15, 0.2) is 34.1 Å². The summed E-state index contributed by atoms with van der Waals surface area (Å²) in [7, 11) is 1.99. The van der Waals surface area contributed by atoms with E-state index in [4.69, 9.17) is 11.6 Å². The fourth-order valence-electron chi connectivity index (χ4n) is 1.78. The molecule has 0 aliphatic heterocycles. The summed E-state index contributed by atoms with van der Waals surface area (Å²) in [5.41, 5.74) is 1.23. The van der Waals surface area contributed by atoms with E-state index in [0.29, 0.717) is 6.04 Å². The molecule has 0 spiro atoms. The van der Waals surface area contributed by atoms with Crippen LogP contribution in [0.2, 0.25) is 5.02 Å². The number of likely N-dealkylation sites (N-methyl/N-ethyl adjacent to an activating group) is 1. The van der Waals surface area contributed by atoms with Gasteiger partial charge in [-0.25, -0.2) is 0 Å².